The lowest BCUT2D eigenvalue weighted by Gasteiger charge is -2.09. The molecule has 6 heteroatoms. The van der Waals surface area contributed by atoms with Gasteiger partial charge in [0.1, 0.15) is 11.4 Å². The van der Waals surface area contributed by atoms with Crippen LogP contribution in [0.1, 0.15) is 0 Å². The molecule has 4 aromatic heterocycles. The van der Waals surface area contributed by atoms with Crippen LogP contribution in [0.2, 0.25) is 0 Å². The molecule has 0 amide bonds. The molecule has 0 aliphatic carbocycles. The monoisotopic (exact) mass is 312 g/mol. The lowest BCUT2D eigenvalue weighted by Crippen LogP contribution is -1.99. The second-order valence-corrected chi connectivity index (χ2v) is 4.98. The molecule has 0 bridgehead atoms. The maximum Gasteiger partial charge on any atom is 0.180 e. The summed E-state index contributed by atoms with van der Waals surface area (Å²) in [4.78, 5) is 26.3. The van der Waals surface area contributed by atoms with E-state index >= 15 is 0 Å². The molecule has 0 fully saturated rings. The SMILES string of the molecule is c1ccc(-c2cnc(-c3cnccn3)nc2-c2ccccn2)nc1. The van der Waals surface area contributed by atoms with Crippen LogP contribution in [0.25, 0.3) is 34.2 Å². The molecule has 0 spiro atoms. The fourth-order valence-electron chi connectivity index (χ4n) is 2.33. The summed E-state index contributed by atoms with van der Waals surface area (Å²) < 4.78 is 0. The summed E-state index contributed by atoms with van der Waals surface area (Å²) in [6.07, 6.45) is 10.1. The van der Waals surface area contributed by atoms with Crippen LogP contribution in [-0.2, 0) is 0 Å². The molecule has 4 aromatic rings. The second-order valence-electron chi connectivity index (χ2n) is 4.98. The van der Waals surface area contributed by atoms with E-state index in [1.165, 1.54) is 0 Å². The Morgan fingerprint density at radius 3 is 2.00 bits per heavy atom. The first-order valence-electron chi connectivity index (χ1n) is 7.38. The van der Waals surface area contributed by atoms with Crippen LogP contribution in [0.5, 0.6) is 0 Å². The highest BCUT2D eigenvalue weighted by Crippen LogP contribution is 2.28. The molecule has 0 radical (unpaired) electrons. The summed E-state index contributed by atoms with van der Waals surface area (Å²) in [6.45, 7) is 0. The predicted molar refractivity (Wildman–Crippen MR) is 89.5 cm³/mol. The molecule has 0 N–H and O–H groups in total. The molecule has 0 unspecified atom stereocenters. The van der Waals surface area contributed by atoms with Gasteiger partial charge in [-0.05, 0) is 24.3 Å². The Kier molecular flexibility index (Phi) is 3.69. The Labute approximate surface area is 138 Å². The Bertz CT molecular complexity index is 943. The Hall–Kier alpha value is -3.54. The van der Waals surface area contributed by atoms with Crippen LogP contribution in [0.15, 0.2) is 73.6 Å². The van der Waals surface area contributed by atoms with E-state index in [-0.39, 0.29) is 0 Å². The lowest BCUT2D eigenvalue weighted by molar-refractivity contribution is 1.10. The largest absolute Gasteiger partial charge is 0.261 e. The van der Waals surface area contributed by atoms with Gasteiger partial charge in [0.2, 0.25) is 0 Å². The average molecular weight is 312 g/mol. The number of aromatic nitrogens is 6. The standard InChI is InChI=1S/C18H12N6/c1-3-7-20-14(5-1)13-11-23-18(16-12-19-9-10-22-16)24-17(13)15-6-2-4-8-21-15/h1-12H. The average Bonchev–Trinajstić information content (AvgIpc) is 2.69. The number of hydrogen-bond acceptors (Lipinski definition) is 6. The number of pyridine rings is 2. The highest BCUT2D eigenvalue weighted by atomic mass is 14.9. The summed E-state index contributed by atoms with van der Waals surface area (Å²) >= 11 is 0. The lowest BCUT2D eigenvalue weighted by atomic mass is 10.1. The fourth-order valence-corrected chi connectivity index (χ4v) is 2.33. The highest BCUT2D eigenvalue weighted by Gasteiger charge is 2.14. The van der Waals surface area contributed by atoms with Gasteiger partial charge in [0, 0.05) is 36.5 Å². The molecule has 0 aliphatic heterocycles. The molecule has 0 saturated heterocycles. The van der Waals surface area contributed by atoms with Crippen molar-refractivity contribution in [2.75, 3.05) is 0 Å². The van der Waals surface area contributed by atoms with Crippen molar-refractivity contribution >= 4 is 0 Å². The molecule has 0 aromatic carbocycles. The van der Waals surface area contributed by atoms with Crippen LogP contribution in [0.4, 0.5) is 0 Å². The topological polar surface area (TPSA) is 77.3 Å². The zero-order chi connectivity index (χ0) is 16.2. The first-order chi connectivity index (χ1) is 11.9. The van der Waals surface area contributed by atoms with Crippen LogP contribution >= 0.6 is 0 Å². The first kappa shape index (κ1) is 14.1. The minimum Gasteiger partial charge on any atom is -0.261 e. The minimum atomic E-state index is 0.503. The summed E-state index contributed by atoms with van der Waals surface area (Å²) in [5.74, 6) is 0.503. The van der Waals surface area contributed by atoms with Gasteiger partial charge in [-0.15, -0.1) is 0 Å². The number of hydrogen-bond donors (Lipinski definition) is 0. The van der Waals surface area contributed by atoms with E-state index in [4.69, 9.17) is 0 Å². The first-order valence-corrected chi connectivity index (χ1v) is 7.38. The van der Waals surface area contributed by atoms with E-state index in [1.54, 1.807) is 37.2 Å². The van der Waals surface area contributed by atoms with Crippen molar-refractivity contribution in [1.82, 2.24) is 29.9 Å². The van der Waals surface area contributed by atoms with E-state index in [0.717, 1.165) is 17.0 Å². The molecular formula is C18H12N6. The van der Waals surface area contributed by atoms with E-state index in [1.807, 2.05) is 36.4 Å². The molecule has 4 heterocycles. The Morgan fingerprint density at radius 1 is 0.583 bits per heavy atom. The van der Waals surface area contributed by atoms with Crippen LogP contribution < -0.4 is 0 Å². The Morgan fingerprint density at radius 2 is 1.33 bits per heavy atom. The van der Waals surface area contributed by atoms with E-state index in [0.29, 0.717) is 17.2 Å². The van der Waals surface area contributed by atoms with Crippen molar-refractivity contribution < 1.29 is 0 Å². The number of rotatable bonds is 3. The van der Waals surface area contributed by atoms with Gasteiger partial charge in [-0.25, -0.2) is 15.0 Å². The molecule has 0 atom stereocenters. The van der Waals surface area contributed by atoms with Gasteiger partial charge in [0.15, 0.2) is 5.82 Å². The van der Waals surface area contributed by atoms with Crippen molar-refractivity contribution in [3.8, 4) is 34.2 Å². The molecule has 6 nitrogen and oxygen atoms in total. The minimum absolute atomic E-state index is 0.503. The Balaban J connectivity index is 1.92. The van der Waals surface area contributed by atoms with Crippen molar-refractivity contribution in [1.29, 1.82) is 0 Å². The number of nitrogens with zero attached hydrogens (tertiary/aromatic N) is 6. The fraction of sp³-hybridized carbons (Fsp3) is 0. The van der Waals surface area contributed by atoms with E-state index in [9.17, 15) is 0 Å². The normalized spacial score (nSPS) is 10.5. The third-order valence-electron chi connectivity index (χ3n) is 3.43. The molecule has 114 valence electrons. The molecule has 0 aliphatic rings. The summed E-state index contributed by atoms with van der Waals surface area (Å²) in [6, 6.07) is 11.4. The summed E-state index contributed by atoms with van der Waals surface area (Å²) in [5, 5.41) is 0. The maximum absolute atomic E-state index is 4.67. The zero-order valence-electron chi connectivity index (χ0n) is 12.6. The molecular weight excluding hydrogens is 300 g/mol. The molecule has 4 rings (SSSR count). The smallest absolute Gasteiger partial charge is 0.180 e. The van der Waals surface area contributed by atoms with Gasteiger partial charge in [0.05, 0.1) is 17.6 Å². The van der Waals surface area contributed by atoms with Crippen molar-refractivity contribution in [3.63, 3.8) is 0 Å². The third kappa shape index (κ3) is 2.72. The maximum atomic E-state index is 4.67. The van der Waals surface area contributed by atoms with Crippen LogP contribution in [0.3, 0.4) is 0 Å². The van der Waals surface area contributed by atoms with Crippen LogP contribution in [0, 0.1) is 0 Å². The van der Waals surface area contributed by atoms with Gasteiger partial charge >= 0.3 is 0 Å². The van der Waals surface area contributed by atoms with Crippen molar-refractivity contribution in [2.24, 2.45) is 0 Å². The van der Waals surface area contributed by atoms with Crippen LogP contribution in [-0.4, -0.2) is 29.9 Å². The highest BCUT2D eigenvalue weighted by molar-refractivity contribution is 5.77. The molecule has 24 heavy (non-hydrogen) atoms. The van der Waals surface area contributed by atoms with E-state index in [2.05, 4.69) is 29.9 Å². The van der Waals surface area contributed by atoms with Gasteiger partial charge in [-0.1, -0.05) is 12.1 Å². The zero-order valence-corrected chi connectivity index (χ0v) is 12.6. The van der Waals surface area contributed by atoms with Gasteiger partial charge in [-0.2, -0.15) is 0 Å². The third-order valence-corrected chi connectivity index (χ3v) is 3.43. The van der Waals surface area contributed by atoms with E-state index < -0.39 is 0 Å². The summed E-state index contributed by atoms with van der Waals surface area (Å²) in [5.41, 5.74) is 3.70. The molecule has 0 saturated carbocycles. The summed E-state index contributed by atoms with van der Waals surface area (Å²) in [7, 11) is 0. The van der Waals surface area contributed by atoms with Gasteiger partial charge < -0.3 is 0 Å². The van der Waals surface area contributed by atoms with Crippen molar-refractivity contribution in [3.05, 3.63) is 73.6 Å². The second kappa shape index (κ2) is 6.29. The van der Waals surface area contributed by atoms with Gasteiger partial charge in [-0.3, -0.25) is 15.0 Å². The quantitative estimate of drug-likeness (QED) is 0.578. The predicted octanol–water partition coefficient (Wildman–Crippen LogP) is 3.06. The van der Waals surface area contributed by atoms with Crippen molar-refractivity contribution in [2.45, 2.75) is 0 Å². The van der Waals surface area contributed by atoms with Gasteiger partial charge in [0.25, 0.3) is 0 Å².